The molecular formula is C36H50O8. The molecule has 0 aromatic heterocycles. The van der Waals surface area contributed by atoms with Crippen LogP contribution in [0, 0.1) is 0 Å². The van der Waals surface area contributed by atoms with Gasteiger partial charge in [0.25, 0.3) is 0 Å². The summed E-state index contributed by atoms with van der Waals surface area (Å²) in [7, 11) is 1.42. The van der Waals surface area contributed by atoms with Crippen molar-refractivity contribution in [1.29, 1.82) is 0 Å². The van der Waals surface area contributed by atoms with E-state index in [0.717, 1.165) is 105 Å². The number of carboxylic acid groups (broad SMARTS) is 1. The van der Waals surface area contributed by atoms with Gasteiger partial charge in [0, 0.05) is 24.8 Å². The summed E-state index contributed by atoms with van der Waals surface area (Å²) < 4.78 is 22.8. The molecule has 0 spiro atoms. The third-order valence-corrected chi connectivity index (χ3v) is 8.02. The largest absolute Gasteiger partial charge is 0.493 e. The number of esters is 1. The second kappa shape index (κ2) is 19.7. The van der Waals surface area contributed by atoms with Crippen LogP contribution in [0.25, 0.3) is 0 Å². The fourth-order valence-corrected chi connectivity index (χ4v) is 5.63. The van der Waals surface area contributed by atoms with Gasteiger partial charge in [-0.15, -0.1) is 0 Å². The van der Waals surface area contributed by atoms with Gasteiger partial charge in [-0.3, -0.25) is 14.4 Å². The Kier molecular flexibility index (Phi) is 15.6. The second-order valence-corrected chi connectivity index (χ2v) is 11.4. The number of methoxy groups -OCH3 is 1. The third-order valence-electron chi connectivity index (χ3n) is 8.02. The Morgan fingerprint density at radius 2 is 1.48 bits per heavy atom. The molecule has 0 saturated heterocycles. The average molecular weight is 611 g/mol. The summed E-state index contributed by atoms with van der Waals surface area (Å²) in [5.74, 6) is 1.49. The summed E-state index contributed by atoms with van der Waals surface area (Å²) in [4.78, 5) is 34.8. The number of carboxylic acids is 1. The van der Waals surface area contributed by atoms with Crippen molar-refractivity contribution >= 4 is 17.7 Å². The van der Waals surface area contributed by atoms with Crippen LogP contribution in [-0.2, 0) is 33.6 Å². The van der Waals surface area contributed by atoms with Crippen molar-refractivity contribution in [3.63, 3.8) is 0 Å². The van der Waals surface area contributed by atoms with Crippen molar-refractivity contribution in [3.8, 4) is 17.2 Å². The summed E-state index contributed by atoms with van der Waals surface area (Å²) in [5.41, 5.74) is 3.85. The van der Waals surface area contributed by atoms with Crippen LogP contribution in [-0.4, -0.2) is 49.8 Å². The van der Waals surface area contributed by atoms with Crippen LogP contribution >= 0.6 is 0 Å². The van der Waals surface area contributed by atoms with Gasteiger partial charge in [0.05, 0.1) is 32.5 Å². The zero-order valence-corrected chi connectivity index (χ0v) is 26.6. The Labute approximate surface area is 262 Å². The number of hydrogen-bond acceptors (Lipinski definition) is 7. The van der Waals surface area contributed by atoms with E-state index in [1.165, 1.54) is 7.11 Å². The molecule has 8 nitrogen and oxygen atoms in total. The zero-order valence-electron chi connectivity index (χ0n) is 26.6. The van der Waals surface area contributed by atoms with Crippen LogP contribution in [0.5, 0.6) is 17.2 Å². The van der Waals surface area contributed by atoms with Crippen LogP contribution in [0.2, 0.25) is 0 Å². The number of aliphatic carboxylic acids is 1. The fraction of sp³-hybridized carbons (Fsp3) is 0.583. The molecule has 0 fully saturated rings. The van der Waals surface area contributed by atoms with E-state index in [-0.39, 0.29) is 18.2 Å². The molecule has 242 valence electrons. The minimum absolute atomic E-state index is 0.0762. The van der Waals surface area contributed by atoms with Gasteiger partial charge in [-0.05, 0) is 74.3 Å². The molecule has 44 heavy (non-hydrogen) atoms. The number of ether oxygens (including phenoxy) is 4. The first kappa shape index (κ1) is 34.9. The molecule has 1 N–H and O–H groups in total. The molecule has 2 aromatic carbocycles. The smallest absolute Gasteiger partial charge is 0.305 e. The molecule has 8 heteroatoms. The van der Waals surface area contributed by atoms with Crippen LogP contribution in [0.4, 0.5) is 0 Å². The SMILES string of the molecule is CCCc1c(OCCCCCCc2cccc(OCCCCCCCC(=O)OC)c2CCC(=O)O)ccc2c1OCCC2=O. The van der Waals surface area contributed by atoms with Gasteiger partial charge in [-0.2, -0.15) is 0 Å². The number of carbonyl (C=O) groups excluding carboxylic acids is 2. The third kappa shape index (κ3) is 11.5. The van der Waals surface area contributed by atoms with Crippen molar-refractivity contribution < 1.29 is 38.4 Å². The molecule has 0 unspecified atom stereocenters. The van der Waals surface area contributed by atoms with Gasteiger partial charge in [0.2, 0.25) is 0 Å². The molecule has 0 radical (unpaired) electrons. The highest BCUT2D eigenvalue weighted by Gasteiger charge is 2.23. The van der Waals surface area contributed by atoms with E-state index in [1.807, 2.05) is 24.3 Å². The van der Waals surface area contributed by atoms with Crippen molar-refractivity contribution in [2.75, 3.05) is 26.9 Å². The zero-order chi connectivity index (χ0) is 31.6. The Morgan fingerprint density at radius 3 is 2.18 bits per heavy atom. The minimum Gasteiger partial charge on any atom is -0.493 e. The van der Waals surface area contributed by atoms with Gasteiger partial charge in [0.15, 0.2) is 5.78 Å². The topological polar surface area (TPSA) is 108 Å². The van der Waals surface area contributed by atoms with Gasteiger partial charge in [0.1, 0.15) is 17.2 Å². The minimum atomic E-state index is -0.808. The van der Waals surface area contributed by atoms with Gasteiger partial charge in [-0.1, -0.05) is 57.6 Å². The number of ketones is 1. The van der Waals surface area contributed by atoms with Crippen LogP contribution in [0.15, 0.2) is 30.3 Å². The number of rotatable bonds is 22. The summed E-state index contributed by atoms with van der Waals surface area (Å²) >= 11 is 0. The van der Waals surface area contributed by atoms with E-state index < -0.39 is 5.97 Å². The summed E-state index contributed by atoms with van der Waals surface area (Å²) in [5, 5.41) is 9.32. The monoisotopic (exact) mass is 610 g/mol. The molecule has 0 atom stereocenters. The maximum Gasteiger partial charge on any atom is 0.305 e. The van der Waals surface area contributed by atoms with Gasteiger partial charge in [-0.25, -0.2) is 0 Å². The van der Waals surface area contributed by atoms with Crippen molar-refractivity contribution in [2.24, 2.45) is 0 Å². The Morgan fingerprint density at radius 1 is 0.795 bits per heavy atom. The van der Waals surface area contributed by atoms with E-state index in [2.05, 4.69) is 17.7 Å². The predicted octanol–water partition coefficient (Wildman–Crippen LogP) is 7.70. The number of benzene rings is 2. The van der Waals surface area contributed by atoms with E-state index in [4.69, 9.17) is 14.2 Å². The molecule has 1 heterocycles. The Hall–Kier alpha value is -3.55. The molecule has 2 aromatic rings. The molecule has 1 aliphatic rings. The number of Topliss-reactive ketones (excluding diaryl/α,β-unsaturated/α-hetero) is 1. The summed E-state index contributed by atoms with van der Waals surface area (Å²) in [6.07, 6.45) is 12.9. The Balaban J connectivity index is 1.42. The first-order valence-electron chi connectivity index (χ1n) is 16.4. The Bertz CT molecular complexity index is 1200. The molecule has 0 amide bonds. The first-order chi connectivity index (χ1) is 21.4. The number of aryl methyl sites for hydroxylation is 1. The average Bonchev–Trinajstić information content (AvgIpc) is 3.02. The second-order valence-electron chi connectivity index (χ2n) is 11.4. The van der Waals surface area contributed by atoms with Gasteiger partial charge >= 0.3 is 11.9 Å². The van der Waals surface area contributed by atoms with Crippen molar-refractivity contribution in [3.05, 3.63) is 52.6 Å². The maximum atomic E-state index is 12.3. The maximum absolute atomic E-state index is 12.3. The lowest BCUT2D eigenvalue weighted by Crippen LogP contribution is -2.17. The number of unbranched alkanes of at least 4 members (excludes halogenated alkanes) is 7. The highest BCUT2D eigenvalue weighted by Crippen LogP contribution is 2.36. The van der Waals surface area contributed by atoms with Crippen LogP contribution in [0.1, 0.15) is 117 Å². The molecule has 3 rings (SSSR count). The number of hydrogen-bond donors (Lipinski definition) is 1. The first-order valence-corrected chi connectivity index (χ1v) is 16.4. The van der Waals surface area contributed by atoms with Gasteiger partial charge < -0.3 is 24.1 Å². The molecule has 0 saturated carbocycles. The molecule has 0 aliphatic carbocycles. The number of carbonyl (C=O) groups is 3. The quantitative estimate of drug-likeness (QED) is 0.107. The highest BCUT2D eigenvalue weighted by atomic mass is 16.5. The number of fused-ring (bicyclic) bond motifs is 1. The summed E-state index contributed by atoms with van der Waals surface area (Å²) in [6, 6.07) is 9.79. The lowest BCUT2D eigenvalue weighted by molar-refractivity contribution is -0.140. The lowest BCUT2D eigenvalue weighted by Gasteiger charge is -2.22. The van der Waals surface area contributed by atoms with Crippen molar-refractivity contribution in [1.82, 2.24) is 0 Å². The van der Waals surface area contributed by atoms with E-state index in [0.29, 0.717) is 50.4 Å². The standard InChI is InChI=1S/C36H50O8/c1-3-14-30-33(21-19-29-31(37)23-26-44-36(29)30)43-25-12-8-6-9-15-27-16-13-17-32(28(27)20-22-34(38)39)42-24-11-7-4-5-10-18-35(40)41-2/h13,16-17,19,21H,3-12,14-15,18,20,22-26H2,1-2H3,(H,38,39). The normalized spacial score (nSPS) is 12.4. The van der Waals surface area contributed by atoms with E-state index in [9.17, 15) is 19.5 Å². The van der Waals surface area contributed by atoms with E-state index in [1.54, 1.807) is 0 Å². The highest BCUT2D eigenvalue weighted by molar-refractivity contribution is 6.00. The van der Waals surface area contributed by atoms with Crippen LogP contribution < -0.4 is 14.2 Å². The predicted molar refractivity (Wildman–Crippen MR) is 170 cm³/mol. The summed E-state index contributed by atoms with van der Waals surface area (Å²) in [6.45, 7) is 3.75. The molecule has 0 bridgehead atoms. The molecule has 1 aliphatic heterocycles. The molecular weight excluding hydrogens is 560 g/mol. The van der Waals surface area contributed by atoms with Crippen LogP contribution in [0.3, 0.4) is 0 Å². The van der Waals surface area contributed by atoms with E-state index >= 15 is 0 Å². The fourth-order valence-electron chi connectivity index (χ4n) is 5.63. The lowest BCUT2D eigenvalue weighted by atomic mass is 9.96. The van der Waals surface area contributed by atoms with Crippen molar-refractivity contribution in [2.45, 2.75) is 110 Å².